The highest BCUT2D eigenvalue weighted by Crippen LogP contribution is 2.56. The maximum Gasteiger partial charge on any atom is 0.310 e. The van der Waals surface area contributed by atoms with Crippen LogP contribution in [0.15, 0.2) is 60.8 Å². The van der Waals surface area contributed by atoms with Gasteiger partial charge in [-0.1, -0.05) is 0 Å². The molecule has 3 N–H and O–H groups in total. The van der Waals surface area contributed by atoms with Crippen molar-refractivity contribution < 1.29 is 43.3 Å². The molecule has 4 aromatic rings. The maximum atomic E-state index is 13.4. The van der Waals surface area contributed by atoms with Crippen molar-refractivity contribution >= 4 is 41.3 Å². The first-order valence-corrected chi connectivity index (χ1v) is 14.7. The minimum atomic E-state index is -0.591. The van der Waals surface area contributed by atoms with Gasteiger partial charge in [0.2, 0.25) is 12.5 Å². The molecular formula is C33H31ClN4O10. The van der Waals surface area contributed by atoms with Gasteiger partial charge in [0.15, 0.2) is 23.0 Å². The molecule has 4 atom stereocenters. The molecule has 3 aromatic carbocycles. The lowest BCUT2D eigenvalue weighted by atomic mass is 9.65. The zero-order valence-electron chi connectivity index (χ0n) is 25.9. The molecular weight excluding hydrogens is 648 g/mol. The SMILES string of the molecule is COc1cc([C@@H]2c3cc4c(cc3[C@@H](Nc3ccc(NC(=O)c5cc([N+](=O)[O-])cn5C)cc3)[C@H]3COC(=O)[C@H]23)OCO4)cc(OC)c1O.Cl. The minimum absolute atomic E-state index is 0. The number of fused-ring (bicyclic) bond motifs is 3. The fourth-order valence-corrected chi connectivity index (χ4v) is 6.74. The number of ether oxygens (including phenoxy) is 5. The monoisotopic (exact) mass is 678 g/mol. The number of phenolic OH excluding ortho intramolecular Hbond substituents is 1. The lowest BCUT2D eigenvalue weighted by Crippen LogP contribution is -2.37. The van der Waals surface area contributed by atoms with Crippen LogP contribution in [0.2, 0.25) is 0 Å². The Morgan fingerprint density at radius 3 is 2.21 bits per heavy atom. The Morgan fingerprint density at radius 1 is 0.979 bits per heavy atom. The van der Waals surface area contributed by atoms with Crippen molar-refractivity contribution in [3.63, 3.8) is 0 Å². The van der Waals surface area contributed by atoms with Crippen LogP contribution >= 0.6 is 12.4 Å². The van der Waals surface area contributed by atoms with E-state index >= 15 is 0 Å². The number of carbonyl (C=O) groups is 2. The minimum Gasteiger partial charge on any atom is -0.502 e. The van der Waals surface area contributed by atoms with E-state index in [1.807, 2.05) is 12.1 Å². The number of carbonyl (C=O) groups excluding carboxylic acids is 2. The van der Waals surface area contributed by atoms with E-state index in [0.29, 0.717) is 22.7 Å². The maximum absolute atomic E-state index is 13.4. The van der Waals surface area contributed by atoms with Gasteiger partial charge in [-0.05, 0) is 65.2 Å². The number of esters is 1. The highest BCUT2D eigenvalue weighted by atomic mass is 35.5. The van der Waals surface area contributed by atoms with Crippen molar-refractivity contribution in [1.29, 1.82) is 0 Å². The Morgan fingerprint density at radius 2 is 1.60 bits per heavy atom. The second-order valence-corrected chi connectivity index (χ2v) is 11.5. The first-order chi connectivity index (χ1) is 22.7. The number of benzene rings is 3. The number of anilines is 2. The summed E-state index contributed by atoms with van der Waals surface area (Å²) in [6.45, 7) is 0.245. The third-order valence-corrected chi connectivity index (χ3v) is 8.95. The topological polar surface area (TPSA) is 173 Å². The van der Waals surface area contributed by atoms with Gasteiger partial charge >= 0.3 is 5.97 Å². The Hall–Kier alpha value is -5.63. The summed E-state index contributed by atoms with van der Waals surface area (Å²) in [6, 6.07) is 15.1. The molecule has 0 bridgehead atoms. The van der Waals surface area contributed by atoms with E-state index in [-0.39, 0.29) is 72.4 Å². The van der Waals surface area contributed by atoms with E-state index < -0.39 is 22.7 Å². The summed E-state index contributed by atoms with van der Waals surface area (Å²) >= 11 is 0. The number of nitrogens with zero attached hydrogens (tertiary/aromatic N) is 2. The molecule has 14 nitrogen and oxygen atoms in total. The number of hydrogen-bond acceptors (Lipinski definition) is 11. The van der Waals surface area contributed by atoms with Crippen molar-refractivity contribution in [2.45, 2.75) is 12.0 Å². The second-order valence-electron chi connectivity index (χ2n) is 11.5. The van der Waals surface area contributed by atoms with E-state index in [4.69, 9.17) is 23.7 Å². The second kappa shape index (κ2) is 12.5. The predicted molar refractivity (Wildman–Crippen MR) is 174 cm³/mol. The number of cyclic esters (lactones) is 1. The summed E-state index contributed by atoms with van der Waals surface area (Å²) in [4.78, 5) is 36.8. The van der Waals surface area contributed by atoms with Gasteiger partial charge in [0, 0.05) is 36.3 Å². The van der Waals surface area contributed by atoms with Crippen LogP contribution in [0.25, 0.3) is 0 Å². The molecule has 7 rings (SSSR count). The van der Waals surface area contributed by atoms with Gasteiger partial charge in [0.25, 0.3) is 11.6 Å². The van der Waals surface area contributed by atoms with Gasteiger partial charge in [-0.2, -0.15) is 0 Å². The summed E-state index contributed by atoms with van der Waals surface area (Å²) in [5, 5.41) is 28.1. The molecule has 48 heavy (non-hydrogen) atoms. The zero-order valence-corrected chi connectivity index (χ0v) is 26.7. The van der Waals surface area contributed by atoms with Crippen molar-refractivity contribution in [2.24, 2.45) is 18.9 Å². The Bertz CT molecular complexity index is 1900. The van der Waals surface area contributed by atoms with Crippen molar-refractivity contribution in [2.75, 3.05) is 38.3 Å². The zero-order chi connectivity index (χ0) is 33.0. The molecule has 0 unspecified atom stereocenters. The molecule has 0 radical (unpaired) electrons. The Kier molecular flexibility index (Phi) is 8.43. The fraction of sp³-hybridized carbons (Fsp3) is 0.273. The number of nitrogens with one attached hydrogen (secondary N) is 2. The summed E-state index contributed by atoms with van der Waals surface area (Å²) in [7, 11) is 4.46. The molecule has 1 aliphatic carbocycles. The van der Waals surface area contributed by atoms with Crippen LogP contribution in [0.1, 0.15) is 39.1 Å². The van der Waals surface area contributed by atoms with Crippen LogP contribution in [0.5, 0.6) is 28.7 Å². The third-order valence-electron chi connectivity index (χ3n) is 8.95. The normalized spacial score (nSPS) is 20.1. The average molecular weight is 679 g/mol. The predicted octanol–water partition coefficient (Wildman–Crippen LogP) is 5.15. The van der Waals surface area contributed by atoms with E-state index in [1.54, 1.807) is 43.4 Å². The number of phenols is 1. The quantitative estimate of drug-likeness (QED) is 0.128. The number of aromatic nitrogens is 1. The molecule has 3 heterocycles. The number of rotatable bonds is 8. The first-order valence-electron chi connectivity index (χ1n) is 14.7. The third kappa shape index (κ3) is 5.43. The standard InChI is InChI=1S/C33H30N4O10.ClH/c1-36-13-19(37(41)42)10-23(36)32(39)35-18-6-4-17(5-7-18)34-30-21-12-25-24(46-15-47-25)11-20(21)28(29-22(30)14-45-33(29)40)16-8-26(43-2)31(38)27(9-16)44-3;/h4-13,22,28-30,34,38H,14-15H2,1-3H3,(H,35,39);1H/t22-,28+,29-,30+;/m0./s1. The number of halogens is 1. The number of methoxy groups -OCH3 is 2. The molecule has 1 fully saturated rings. The molecule has 2 aliphatic heterocycles. The van der Waals surface area contributed by atoms with Gasteiger partial charge in [0.05, 0.1) is 43.9 Å². The number of aromatic hydroxyl groups is 1. The average Bonchev–Trinajstić information content (AvgIpc) is 3.79. The van der Waals surface area contributed by atoms with Crippen LogP contribution in [0, 0.1) is 22.0 Å². The lowest BCUT2D eigenvalue weighted by Gasteiger charge is -2.40. The summed E-state index contributed by atoms with van der Waals surface area (Å²) in [5.74, 6) is -0.786. The smallest absolute Gasteiger partial charge is 0.310 e. The van der Waals surface area contributed by atoms with E-state index in [1.165, 1.54) is 31.0 Å². The van der Waals surface area contributed by atoms with Gasteiger partial charge in [-0.25, -0.2) is 0 Å². The van der Waals surface area contributed by atoms with E-state index in [2.05, 4.69) is 10.6 Å². The largest absolute Gasteiger partial charge is 0.502 e. The van der Waals surface area contributed by atoms with E-state index in [9.17, 15) is 24.8 Å². The molecule has 0 saturated carbocycles. The summed E-state index contributed by atoms with van der Waals surface area (Å²) in [5.41, 5.74) is 3.58. The fourth-order valence-electron chi connectivity index (χ4n) is 6.74. The lowest BCUT2D eigenvalue weighted by molar-refractivity contribution is -0.384. The van der Waals surface area contributed by atoms with Gasteiger partial charge in [-0.3, -0.25) is 19.7 Å². The van der Waals surface area contributed by atoms with Crippen LogP contribution in [-0.2, 0) is 16.6 Å². The number of aryl methyl sites for hydroxylation is 1. The molecule has 0 spiro atoms. The van der Waals surface area contributed by atoms with Crippen LogP contribution < -0.4 is 29.6 Å². The van der Waals surface area contributed by atoms with Gasteiger partial charge in [-0.15, -0.1) is 12.4 Å². The molecule has 15 heteroatoms. The van der Waals surface area contributed by atoms with Gasteiger partial charge in [0.1, 0.15) is 5.69 Å². The van der Waals surface area contributed by atoms with E-state index in [0.717, 1.165) is 16.8 Å². The van der Waals surface area contributed by atoms with Crippen LogP contribution in [0.3, 0.4) is 0 Å². The highest BCUT2D eigenvalue weighted by Gasteiger charge is 2.52. The molecule has 1 saturated heterocycles. The number of hydrogen-bond donors (Lipinski definition) is 3. The van der Waals surface area contributed by atoms with Crippen molar-refractivity contribution in [1.82, 2.24) is 4.57 Å². The van der Waals surface area contributed by atoms with Crippen molar-refractivity contribution in [3.8, 4) is 28.7 Å². The molecule has 1 amide bonds. The highest BCUT2D eigenvalue weighted by molar-refractivity contribution is 6.03. The first kappa shape index (κ1) is 32.3. The summed E-state index contributed by atoms with van der Waals surface area (Å²) in [6.07, 6.45) is 1.28. The summed E-state index contributed by atoms with van der Waals surface area (Å²) < 4.78 is 29.4. The Balaban J connectivity index is 0.00000401. The van der Waals surface area contributed by atoms with Gasteiger partial charge < -0.3 is 44.0 Å². The van der Waals surface area contributed by atoms with Crippen LogP contribution in [0.4, 0.5) is 17.1 Å². The Labute approximate surface area is 280 Å². The molecule has 250 valence electrons. The number of nitro groups is 1. The van der Waals surface area contributed by atoms with Crippen molar-refractivity contribution in [3.05, 3.63) is 93.3 Å². The molecule has 3 aliphatic rings. The molecule has 1 aromatic heterocycles. The van der Waals surface area contributed by atoms with Crippen LogP contribution in [-0.4, -0.2) is 54.1 Å². The number of amides is 1.